The molecule has 3 rings (SSSR count). The number of hydrogen-bond acceptors (Lipinski definition) is 2. The minimum Gasteiger partial charge on any atom is -0.492 e. The van der Waals surface area contributed by atoms with E-state index in [0.29, 0.717) is 0 Å². The second kappa shape index (κ2) is 6.91. The van der Waals surface area contributed by atoms with E-state index in [0.717, 1.165) is 47.3 Å². The van der Waals surface area contributed by atoms with Crippen LogP contribution >= 0.6 is 0 Å². The molecule has 0 fully saturated rings. The van der Waals surface area contributed by atoms with E-state index in [1.807, 2.05) is 16.8 Å². The van der Waals surface area contributed by atoms with Crippen LogP contribution in [0, 0.1) is 13.8 Å². The maximum Gasteiger partial charge on any atom is 0.239 e. The third kappa shape index (κ3) is 3.07. The molecule has 2 aromatic carbocycles. The lowest BCUT2D eigenvalue weighted by Crippen LogP contribution is -2.04. The highest BCUT2D eigenvalue weighted by molar-refractivity contribution is 5.72. The van der Waals surface area contributed by atoms with Gasteiger partial charge in [-0.15, -0.1) is 5.10 Å². The van der Waals surface area contributed by atoms with E-state index in [1.54, 1.807) is 0 Å². The van der Waals surface area contributed by atoms with Gasteiger partial charge in [-0.2, -0.15) is 0 Å². The largest absolute Gasteiger partial charge is 0.492 e. The zero-order valence-corrected chi connectivity index (χ0v) is 14.6. The van der Waals surface area contributed by atoms with Crippen LogP contribution in [0.3, 0.4) is 0 Å². The molecule has 3 nitrogen and oxygen atoms in total. The first-order chi connectivity index (χ1) is 11.6. The predicted octanol–water partition coefficient (Wildman–Crippen LogP) is 5.20. The van der Waals surface area contributed by atoms with Crippen molar-refractivity contribution in [1.29, 1.82) is 0 Å². The number of unbranched alkanes of at least 4 members (excludes halogenated alkanes) is 1. The van der Waals surface area contributed by atoms with Gasteiger partial charge in [-0.25, -0.2) is 4.68 Å². The van der Waals surface area contributed by atoms with Crippen molar-refractivity contribution in [2.24, 2.45) is 0 Å². The standard InChI is InChI=1S/C21H24N2O/c1-4-5-9-19-20(17-13-11-15(2)12-14-17)21(24)22-23(19)18-10-7-6-8-16(18)3/h6-8,10-14H,4-5,9H2,1-3H3,(H,22,24). The first kappa shape index (κ1) is 16.3. The number of hydrogen-bond donors (Lipinski definition) is 1. The summed E-state index contributed by atoms with van der Waals surface area (Å²) >= 11 is 0. The Bertz CT molecular complexity index is 832. The van der Waals surface area contributed by atoms with Gasteiger partial charge in [-0.1, -0.05) is 61.4 Å². The van der Waals surface area contributed by atoms with Gasteiger partial charge in [0.2, 0.25) is 5.88 Å². The minimum absolute atomic E-state index is 0.105. The minimum atomic E-state index is 0.105. The van der Waals surface area contributed by atoms with Crippen molar-refractivity contribution < 1.29 is 5.11 Å². The lowest BCUT2D eigenvalue weighted by atomic mass is 10.0. The zero-order valence-electron chi connectivity index (χ0n) is 14.6. The predicted molar refractivity (Wildman–Crippen MR) is 98.8 cm³/mol. The normalized spacial score (nSPS) is 11.0. The Hall–Kier alpha value is -2.55. The number of para-hydroxylation sites is 1. The van der Waals surface area contributed by atoms with Crippen LogP contribution < -0.4 is 0 Å². The van der Waals surface area contributed by atoms with Gasteiger partial charge in [0, 0.05) is 0 Å². The van der Waals surface area contributed by atoms with Gasteiger partial charge in [0.15, 0.2) is 0 Å². The number of rotatable bonds is 5. The molecule has 0 bridgehead atoms. The second-order valence-electron chi connectivity index (χ2n) is 6.31. The second-order valence-corrected chi connectivity index (χ2v) is 6.31. The fourth-order valence-corrected chi connectivity index (χ4v) is 3.03. The van der Waals surface area contributed by atoms with Gasteiger partial charge >= 0.3 is 0 Å². The molecular formula is C21H24N2O. The van der Waals surface area contributed by atoms with E-state index < -0.39 is 0 Å². The Morgan fingerprint density at radius 2 is 1.71 bits per heavy atom. The van der Waals surface area contributed by atoms with Gasteiger partial charge in [0.05, 0.1) is 16.9 Å². The molecule has 0 amide bonds. The molecule has 0 saturated carbocycles. The molecule has 3 heteroatoms. The van der Waals surface area contributed by atoms with Crippen molar-refractivity contribution in [1.82, 2.24) is 9.78 Å². The van der Waals surface area contributed by atoms with Crippen molar-refractivity contribution in [3.63, 3.8) is 0 Å². The summed E-state index contributed by atoms with van der Waals surface area (Å²) in [5.74, 6) is 0.105. The lowest BCUT2D eigenvalue weighted by molar-refractivity contribution is 0.449. The molecule has 0 spiro atoms. The number of nitrogens with zero attached hydrogens (tertiary/aromatic N) is 2. The third-order valence-corrected chi connectivity index (χ3v) is 4.41. The number of aromatic hydroxyl groups is 1. The summed E-state index contributed by atoms with van der Waals surface area (Å²) in [5, 5.41) is 15.0. The molecule has 0 aliphatic rings. The van der Waals surface area contributed by atoms with Crippen LogP contribution in [0.5, 0.6) is 5.88 Å². The molecule has 0 aliphatic carbocycles. The van der Waals surface area contributed by atoms with Crippen LogP contribution in [0.25, 0.3) is 16.8 Å². The highest BCUT2D eigenvalue weighted by atomic mass is 16.3. The number of aryl methyl sites for hydroxylation is 2. The van der Waals surface area contributed by atoms with Gasteiger partial charge in [0.1, 0.15) is 0 Å². The molecule has 0 atom stereocenters. The Morgan fingerprint density at radius 1 is 1.00 bits per heavy atom. The summed E-state index contributed by atoms with van der Waals surface area (Å²) in [5.41, 5.74) is 6.33. The molecule has 3 aromatic rings. The summed E-state index contributed by atoms with van der Waals surface area (Å²) in [6.45, 7) is 6.32. The third-order valence-electron chi connectivity index (χ3n) is 4.41. The summed E-state index contributed by atoms with van der Waals surface area (Å²) in [7, 11) is 0. The highest BCUT2D eigenvalue weighted by Gasteiger charge is 2.20. The Morgan fingerprint density at radius 3 is 2.38 bits per heavy atom. The van der Waals surface area contributed by atoms with Gasteiger partial charge in [-0.05, 0) is 43.9 Å². The highest BCUT2D eigenvalue weighted by Crippen LogP contribution is 2.35. The van der Waals surface area contributed by atoms with Crippen molar-refractivity contribution >= 4 is 0 Å². The van der Waals surface area contributed by atoms with Crippen molar-refractivity contribution in [2.45, 2.75) is 40.0 Å². The van der Waals surface area contributed by atoms with Crippen molar-refractivity contribution in [3.8, 4) is 22.7 Å². The van der Waals surface area contributed by atoms with Crippen molar-refractivity contribution in [2.75, 3.05) is 0 Å². The molecule has 0 radical (unpaired) electrons. The SMILES string of the molecule is CCCCc1c(-c2ccc(C)cc2)c(O)nn1-c1ccccc1C. The Labute approximate surface area is 143 Å². The number of benzene rings is 2. The Kier molecular flexibility index (Phi) is 4.70. The molecule has 124 valence electrons. The molecule has 1 N–H and O–H groups in total. The first-order valence-electron chi connectivity index (χ1n) is 8.55. The van der Waals surface area contributed by atoms with Gasteiger partial charge in [-0.3, -0.25) is 0 Å². The fraction of sp³-hybridized carbons (Fsp3) is 0.286. The fourth-order valence-electron chi connectivity index (χ4n) is 3.03. The molecule has 1 heterocycles. The smallest absolute Gasteiger partial charge is 0.239 e. The van der Waals surface area contributed by atoms with E-state index in [1.165, 1.54) is 5.56 Å². The van der Waals surface area contributed by atoms with E-state index in [4.69, 9.17) is 0 Å². The summed E-state index contributed by atoms with van der Waals surface area (Å²) in [4.78, 5) is 0. The maximum absolute atomic E-state index is 10.6. The zero-order chi connectivity index (χ0) is 17.1. The summed E-state index contributed by atoms with van der Waals surface area (Å²) in [6.07, 6.45) is 3.06. The van der Waals surface area contributed by atoms with E-state index in [2.05, 4.69) is 62.3 Å². The van der Waals surface area contributed by atoms with Crippen LogP contribution in [-0.4, -0.2) is 14.9 Å². The maximum atomic E-state index is 10.6. The van der Waals surface area contributed by atoms with E-state index in [9.17, 15) is 5.11 Å². The van der Waals surface area contributed by atoms with Crippen molar-refractivity contribution in [3.05, 3.63) is 65.4 Å². The summed E-state index contributed by atoms with van der Waals surface area (Å²) in [6, 6.07) is 16.4. The average Bonchev–Trinajstić information content (AvgIpc) is 2.90. The molecular weight excluding hydrogens is 296 g/mol. The molecule has 0 aliphatic heterocycles. The lowest BCUT2D eigenvalue weighted by Gasteiger charge is -2.11. The molecule has 0 unspecified atom stereocenters. The van der Waals surface area contributed by atoms with Crippen LogP contribution in [0.1, 0.15) is 36.6 Å². The van der Waals surface area contributed by atoms with Crippen LogP contribution in [0.4, 0.5) is 0 Å². The van der Waals surface area contributed by atoms with Crippen LogP contribution in [0.2, 0.25) is 0 Å². The average molecular weight is 320 g/mol. The topological polar surface area (TPSA) is 38.1 Å². The van der Waals surface area contributed by atoms with Gasteiger partial charge < -0.3 is 5.11 Å². The van der Waals surface area contributed by atoms with Crippen LogP contribution in [-0.2, 0) is 6.42 Å². The molecule has 1 aromatic heterocycles. The van der Waals surface area contributed by atoms with E-state index >= 15 is 0 Å². The monoisotopic (exact) mass is 320 g/mol. The molecule has 24 heavy (non-hydrogen) atoms. The van der Waals surface area contributed by atoms with E-state index in [-0.39, 0.29) is 5.88 Å². The molecule has 0 saturated heterocycles. The quantitative estimate of drug-likeness (QED) is 0.701. The van der Waals surface area contributed by atoms with Gasteiger partial charge in [0.25, 0.3) is 0 Å². The first-order valence-corrected chi connectivity index (χ1v) is 8.55. The summed E-state index contributed by atoms with van der Waals surface area (Å²) < 4.78 is 1.91. The van der Waals surface area contributed by atoms with Crippen LogP contribution in [0.15, 0.2) is 48.5 Å². The number of aromatic nitrogens is 2. The Balaban J connectivity index is 2.19.